The number of aliphatic hydroxyl groups is 2. The molecule has 8 unspecified atom stereocenters. The van der Waals surface area contributed by atoms with Gasteiger partial charge in [0.15, 0.2) is 0 Å². The normalized spacial score (nSPS) is 30.0. The summed E-state index contributed by atoms with van der Waals surface area (Å²) in [5.41, 5.74) is -0.503. The molecular weight excluding hydrogens is 891 g/mol. The molecule has 2 amide bonds. The first-order valence-electron chi connectivity index (χ1n) is 22.3. The van der Waals surface area contributed by atoms with Crippen molar-refractivity contribution in [2.45, 2.75) is 75.3 Å². The predicted molar refractivity (Wildman–Crippen MR) is 245 cm³/mol. The summed E-state index contributed by atoms with van der Waals surface area (Å²) in [6, 6.07) is 7.33. The van der Waals surface area contributed by atoms with Crippen molar-refractivity contribution >= 4 is 64.3 Å². The van der Waals surface area contributed by atoms with E-state index in [1.165, 1.54) is 24.3 Å². The molecule has 0 saturated heterocycles. The Morgan fingerprint density at radius 1 is 0.662 bits per heavy atom. The smallest absolute Gasteiger partial charge is 0.259 e. The van der Waals surface area contributed by atoms with Gasteiger partial charge in [-0.3, -0.25) is 9.59 Å². The van der Waals surface area contributed by atoms with Crippen LogP contribution in [0.3, 0.4) is 0 Å². The topological polar surface area (TPSA) is 211 Å². The number of anilines is 4. The number of hydrogen-bond donors (Lipinski definition) is 4. The molecule has 4 aliphatic carbocycles. The Morgan fingerprint density at radius 3 is 1.42 bits per heavy atom. The van der Waals surface area contributed by atoms with Crippen LogP contribution < -0.4 is 14.9 Å². The fourth-order valence-electron chi connectivity index (χ4n) is 11.6. The number of carbonyl (C=O) groups is 2. The van der Waals surface area contributed by atoms with Crippen molar-refractivity contribution in [3.63, 3.8) is 0 Å². The van der Waals surface area contributed by atoms with Gasteiger partial charge < -0.3 is 30.6 Å². The van der Waals surface area contributed by atoms with Crippen LogP contribution in [0.5, 0.6) is 0 Å². The number of rotatable bonds is 11. The number of nitrogens with zero attached hydrogens (tertiary/aromatic N) is 3. The molecule has 0 aromatic heterocycles. The molecular formula is C47H53N5O10S3. The summed E-state index contributed by atoms with van der Waals surface area (Å²) in [5.74, 6) is -1.18. The molecule has 2 aromatic carbocycles. The Hall–Kier alpha value is -5.33. The standard InChI is InChI=1S/C47H53N5O10S3/c1-24(2)14-16-50-42-28-8-6-26(18-28)38(42)44(53)40(46(50)55)34-22-64(59,60)36-20-30(10-12-32(36)48-34)52(63(5,57)58)31-11-13-33-37(21-31)65(61,62)23-35(49-33)41-45(54)39-27-7-9-29(19-27)43(39)51(47(41)56)17-15-25(3)4/h6-13,20-29,38-39,42-43,48-49,53-54H,14-19H2,1-5H3. The molecule has 4 aliphatic heterocycles. The molecule has 10 rings (SSSR count). The lowest BCUT2D eigenvalue weighted by molar-refractivity contribution is -0.133. The van der Waals surface area contributed by atoms with Gasteiger partial charge in [0.25, 0.3) is 11.8 Å². The van der Waals surface area contributed by atoms with Crippen LogP contribution >= 0.6 is 0 Å². The first-order valence-corrected chi connectivity index (χ1v) is 27.2. The predicted octanol–water partition coefficient (Wildman–Crippen LogP) is 6.65. The van der Waals surface area contributed by atoms with E-state index in [4.69, 9.17) is 0 Å². The number of sulfonamides is 1. The maximum absolute atomic E-state index is 14.2. The van der Waals surface area contributed by atoms with E-state index in [0.717, 1.165) is 59.2 Å². The summed E-state index contributed by atoms with van der Waals surface area (Å²) in [7, 11) is -13.0. The lowest BCUT2D eigenvalue weighted by Gasteiger charge is -2.43. The molecule has 18 heteroatoms. The Morgan fingerprint density at radius 2 is 1.05 bits per heavy atom. The van der Waals surface area contributed by atoms with Gasteiger partial charge >= 0.3 is 0 Å². The summed E-state index contributed by atoms with van der Waals surface area (Å²) in [5, 5.41) is 31.3. The summed E-state index contributed by atoms with van der Waals surface area (Å²) in [4.78, 5) is 31.5. The number of carbonyl (C=O) groups excluding carboxylic acids is 2. The van der Waals surface area contributed by atoms with Crippen molar-refractivity contribution in [2.75, 3.05) is 34.3 Å². The van der Waals surface area contributed by atoms with Crippen molar-refractivity contribution in [3.05, 3.63) is 106 Å². The lowest BCUT2D eigenvalue weighted by atomic mass is 9.80. The first kappa shape index (κ1) is 43.6. The van der Waals surface area contributed by atoms with E-state index in [2.05, 4.69) is 62.6 Å². The number of amides is 2. The zero-order valence-electron chi connectivity index (χ0n) is 36.7. The summed E-state index contributed by atoms with van der Waals surface area (Å²) < 4.78 is 84.6. The van der Waals surface area contributed by atoms with Crippen LogP contribution in [-0.4, -0.2) is 88.5 Å². The van der Waals surface area contributed by atoms with E-state index < -0.39 is 41.5 Å². The zero-order valence-corrected chi connectivity index (χ0v) is 39.1. The zero-order chi connectivity index (χ0) is 46.2. The van der Waals surface area contributed by atoms with Crippen molar-refractivity contribution in [1.82, 2.24) is 9.80 Å². The van der Waals surface area contributed by atoms with Crippen molar-refractivity contribution < 1.29 is 45.1 Å². The lowest BCUT2D eigenvalue weighted by Crippen LogP contribution is -2.52. The van der Waals surface area contributed by atoms with E-state index in [0.29, 0.717) is 24.9 Å². The van der Waals surface area contributed by atoms with Gasteiger partial charge in [0.2, 0.25) is 29.7 Å². The quantitative estimate of drug-likeness (QED) is 0.175. The molecule has 344 valence electrons. The molecule has 0 spiro atoms. The van der Waals surface area contributed by atoms with Crippen LogP contribution in [0.25, 0.3) is 0 Å². The van der Waals surface area contributed by atoms with Crippen LogP contribution in [0.1, 0.15) is 53.4 Å². The molecule has 0 radical (unpaired) electrons. The van der Waals surface area contributed by atoms with Crippen LogP contribution in [-0.2, 0) is 39.3 Å². The molecule has 4 heterocycles. The Kier molecular flexibility index (Phi) is 10.1. The van der Waals surface area contributed by atoms with Crippen molar-refractivity contribution in [1.29, 1.82) is 0 Å². The summed E-state index contributed by atoms with van der Waals surface area (Å²) >= 11 is 0. The highest BCUT2D eigenvalue weighted by atomic mass is 32.2. The Labute approximate surface area is 379 Å². The molecule has 8 atom stereocenters. The molecule has 4 N–H and O–H groups in total. The van der Waals surface area contributed by atoms with Gasteiger partial charge in [-0.15, -0.1) is 0 Å². The molecule has 2 fully saturated rings. The van der Waals surface area contributed by atoms with E-state index >= 15 is 0 Å². The van der Waals surface area contributed by atoms with Gasteiger partial charge in [-0.1, -0.05) is 52.0 Å². The maximum Gasteiger partial charge on any atom is 0.259 e. The fraction of sp³-hybridized carbons (Fsp3) is 0.447. The number of benzene rings is 2. The monoisotopic (exact) mass is 943 g/mol. The average Bonchev–Trinajstić information content (AvgIpc) is 4.03. The highest BCUT2D eigenvalue weighted by Crippen LogP contribution is 2.54. The van der Waals surface area contributed by atoms with Gasteiger partial charge in [-0.05, 0) is 97.6 Å². The number of nitrogens with one attached hydrogen (secondary N) is 2. The summed E-state index contributed by atoms with van der Waals surface area (Å²) in [6.45, 7) is 9.14. The highest BCUT2D eigenvalue weighted by molar-refractivity contribution is 7.95. The third kappa shape index (κ3) is 6.95. The molecule has 4 bridgehead atoms. The van der Waals surface area contributed by atoms with Gasteiger partial charge in [0.1, 0.15) is 22.7 Å². The van der Waals surface area contributed by atoms with E-state index in [-0.39, 0.29) is 114 Å². The van der Waals surface area contributed by atoms with Crippen LogP contribution in [0.4, 0.5) is 22.7 Å². The van der Waals surface area contributed by atoms with Gasteiger partial charge in [0.05, 0.1) is 61.0 Å². The van der Waals surface area contributed by atoms with Gasteiger partial charge in [-0.2, -0.15) is 0 Å². The van der Waals surface area contributed by atoms with Crippen LogP contribution in [0, 0.1) is 47.3 Å². The molecule has 15 nitrogen and oxygen atoms in total. The minimum Gasteiger partial charge on any atom is -0.511 e. The number of sulfone groups is 2. The van der Waals surface area contributed by atoms with E-state index in [9.17, 15) is 45.1 Å². The number of aliphatic hydroxyl groups excluding tert-OH is 2. The SMILES string of the molecule is CC(C)CCN1C(=O)C(C2=CS(=O)(=O)c3cc(N(c4ccc5c(c4)S(=O)(=O)C=C(C4=C(O)C6C7C=CC(C7)C6N(CCC(C)C)C4=O)N5)S(C)(=O)=O)ccc3N2)=C(O)C2C3C=CC(C3)C21. The van der Waals surface area contributed by atoms with Crippen LogP contribution in [0.2, 0.25) is 0 Å². The van der Waals surface area contributed by atoms with Gasteiger partial charge in [-0.25, -0.2) is 29.6 Å². The summed E-state index contributed by atoms with van der Waals surface area (Å²) in [6.07, 6.45) is 12.2. The van der Waals surface area contributed by atoms with Crippen molar-refractivity contribution in [2.24, 2.45) is 47.3 Å². The minimum absolute atomic E-state index is 0.00425. The van der Waals surface area contributed by atoms with Crippen molar-refractivity contribution in [3.8, 4) is 0 Å². The fourth-order valence-corrected chi connectivity index (χ4v) is 15.2. The third-order valence-electron chi connectivity index (χ3n) is 14.5. The average molecular weight is 944 g/mol. The maximum atomic E-state index is 14.2. The number of allylic oxidation sites excluding steroid dienone is 2. The second-order valence-corrected chi connectivity index (χ2v) is 25.0. The number of fused-ring (bicyclic) bond motifs is 12. The second-order valence-electron chi connectivity index (χ2n) is 19.6. The van der Waals surface area contributed by atoms with E-state index in [1.54, 1.807) is 9.80 Å². The molecule has 8 aliphatic rings. The van der Waals surface area contributed by atoms with E-state index in [1.807, 2.05) is 0 Å². The molecule has 2 aromatic rings. The van der Waals surface area contributed by atoms with Crippen LogP contribution in [0.15, 0.2) is 115 Å². The third-order valence-corrected chi connectivity index (χ3v) is 18.6. The largest absolute Gasteiger partial charge is 0.511 e. The molecule has 65 heavy (non-hydrogen) atoms. The Bertz CT molecular complexity index is 2820. The second kappa shape index (κ2) is 15.1. The highest BCUT2D eigenvalue weighted by Gasteiger charge is 2.56. The first-order chi connectivity index (χ1) is 30.6. The number of hydrogen-bond acceptors (Lipinski definition) is 12. The minimum atomic E-state index is -4.38. The molecule has 2 saturated carbocycles. The van der Waals surface area contributed by atoms with Gasteiger partial charge in [0, 0.05) is 37.0 Å². The Balaban J connectivity index is 0.971.